The number of nitro groups is 1. The highest BCUT2D eigenvalue weighted by Crippen LogP contribution is 2.33. The summed E-state index contributed by atoms with van der Waals surface area (Å²) in [7, 11) is 1.58. The van der Waals surface area contributed by atoms with Crippen molar-refractivity contribution in [2.24, 2.45) is 0 Å². The molecule has 3 aromatic rings. The van der Waals surface area contributed by atoms with Crippen molar-refractivity contribution in [1.29, 1.82) is 0 Å². The molecule has 0 spiro atoms. The average Bonchev–Trinajstić information content (AvgIpc) is 3.43. The molecule has 1 fully saturated rings. The van der Waals surface area contributed by atoms with Gasteiger partial charge in [0.25, 0.3) is 5.69 Å². The molecule has 9 heteroatoms. The van der Waals surface area contributed by atoms with Crippen LogP contribution in [-0.2, 0) is 4.79 Å². The molecule has 0 bridgehead atoms. The second-order valence-corrected chi connectivity index (χ2v) is 7.40. The zero-order valence-corrected chi connectivity index (χ0v) is 15.9. The molecule has 28 heavy (non-hydrogen) atoms. The summed E-state index contributed by atoms with van der Waals surface area (Å²) in [5.74, 6) is 0.818. The Morgan fingerprint density at radius 1 is 1.36 bits per heavy atom. The summed E-state index contributed by atoms with van der Waals surface area (Å²) in [4.78, 5) is 27.3. The molecule has 8 nitrogen and oxygen atoms in total. The number of benzene rings is 2. The van der Waals surface area contributed by atoms with Crippen molar-refractivity contribution in [1.82, 2.24) is 14.9 Å². The third-order valence-corrected chi connectivity index (χ3v) is 5.36. The van der Waals surface area contributed by atoms with Crippen molar-refractivity contribution in [2.45, 2.75) is 24.0 Å². The Kier molecular flexibility index (Phi) is 4.91. The minimum absolute atomic E-state index is 0.0276. The predicted molar refractivity (Wildman–Crippen MR) is 106 cm³/mol. The van der Waals surface area contributed by atoms with E-state index in [1.54, 1.807) is 13.2 Å². The van der Waals surface area contributed by atoms with Gasteiger partial charge >= 0.3 is 0 Å². The molecule has 1 N–H and O–H groups in total. The van der Waals surface area contributed by atoms with Crippen LogP contribution in [0.15, 0.2) is 47.6 Å². The number of hydrogen-bond acceptors (Lipinski definition) is 6. The van der Waals surface area contributed by atoms with Crippen molar-refractivity contribution in [3.63, 3.8) is 0 Å². The van der Waals surface area contributed by atoms with Gasteiger partial charge in [-0.25, -0.2) is 4.98 Å². The van der Waals surface area contributed by atoms with Crippen LogP contribution < -0.4 is 10.1 Å². The predicted octanol–water partition coefficient (Wildman–Crippen LogP) is 3.31. The van der Waals surface area contributed by atoms with Crippen molar-refractivity contribution < 1.29 is 14.5 Å². The number of nitrogens with zero attached hydrogens (tertiary/aromatic N) is 3. The number of fused-ring (bicyclic) bond motifs is 1. The number of hydrogen-bond donors (Lipinski definition) is 1. The fourth-order valence-electron chi connectivity index (χ4n) is 2.93. The molecule has 2 aromatic carbocycles. The van der Waals surface area contributed by atoms with Crippen LogP contribution >= 0.6 is 11.8 Å². The van der Waals surface area contributed by atoms with Crippen LogP contribution in [-0.4, -0.2) is 39.3 Å². The molecule has 0 unspecified atom stereocenters. The summed E-state index contributed by atoms with van der Waals surface area (Å²) in [5.41, 5.74) is 1.93. The number of para-hydroxylation sites is 2. The molecule has 1 amide bonds. The van der Waals surface area contributed by atoms with E-state index in [1.807, 2.05) is 28.8 Å². The summed E-state index contributed by atoms with van der Waals surface area (Å²) < 4.78 is 7.34. The maximum Gasteiger partial charge on any atom is 0.271 e. The minimum Gasteiger partial charge on any atom is -0.495 e. The lowest BCUT2D eigenvalue weighted by molar-refractivity contribution is -0.384. The van der Waals surface area contributed by atoms with Crippen LogP contribution in [0.2, 0.25) is 0 Å². The second-order valence-electron chi connectivity index (χ2n) is 6.46. The third kappa shape index (κ3) is 3.65. The number of nitrogens with one attached hydrogen (secondary N) is 1. The first-order chi connectivity index (χ1) is 13.6. The Balaban J connectivity index is 1.76. The Bertz CT molecular complexity index is 1060. The number of methoxy groups -OCH3 is 1. The van der Waals surface area contributed by atoms with Gasteiger partial charge in [-0.2, -0.15) is 0 Å². The number of imidazole rings is 1. The van der Waals surface area contributed by atoms with Crippen LogP contribution in [0.1, 0.15) is 12.8 Å². The number of rotatable bonds is 7. The largest absolute Gasteiger partial charge is 0.495 e. The van der Waals surface area contributed by atoms with Gasteiger partial charge in [0.15, 0.2) is 5.16 Å². The normalized spacial score (nSPS) is 13.5. The molecule has 1 aliphatic carbocycles. The molecule has 0 aliphatic heterocycles. The van der Waals surface area contributed by atoms with E-state index in [0.29, 0.717) is 28.0 Å². The lowest BCUT2D eigenvalue weighted by Gasteiger charge is -2.13. The van der Waals surface area contributed by atoms with E-state index < -0.39 is 4.92 Å². The number of carbonyl (C=O) groups excluding carboxylic acids is 1. The first kappa shape index (κ1) is 18.3. The van der Waals surface area contributed by atoms with Crippen molar-refractivity contribution in [2.75, 3.05) is 12.9 Å². The van der Waals surface area contributed by atoms with Gasteiger partial charge in [-0.15, -0.1) is 0 Å². The van der Waals surface area contributed by atoms with E-state index in [-0.39, 0.29) is 17.3 Å². The number of nitro benzene ring substituents is 1. The topological polar surface area (TPSA) is 99.3 Å². The van der Waals surface area contributed by atoms with E-state index in [9.17, 15) is 14.9 Å². The second kappa shape index (κ2) is 7.51. The maximum atomic E-state index is 12.1. The van der Waals surface area contributed by atoms with Crippen LogP contribution in [0.4, 0.5) is 5.69 Å². The number of carbonyl (C=O) groups is 1. The standard InChI is InChI=1S/C19H18N4O4S/c1-27-17-5-3-2-4-16(17)22-15-9-8-13(23(25)26)10-14(15)21-19(22)28-11-18(24)20-12-6-7-12/h2-5,8-10,12H,6-7,11H2,1H3,(H,20,24). The summed E-state index contributed by atoms with van der Waals surface area (Å²) >= 11 is 1.29. The molecular weight excluding hydrogens is 380 g/mol. The number of non-ortho nitro benzene ring substituents is 1. The van der Waals surface area contributed by atoms with Crippen molar-refractivity contribution >= 4 is 34.4 Å². The zero-order chi connectivity index (χ0) is 19.7. The average molecular weight is 398 g/mol. The number of ether oxygens (including phenoxy) is 1. The molecular formula is C19H18N4O4S. The highest BCUT2D eigenvalue weighted by Gasteiger charge is 2.24. The molecule has 0 radical (unpaired) electrons. The van der Waals surface area contributed by atoms with Gasteiger partial charge in [-0.05, 0) is 31.0 Å². The fraction of sp³-hybridized carbons (Fsp3) is 0.263. The lowest BCUT2D eigenvalue weighted by atomic mass is 10.2. The highest BCUT2D eigenvalue weighted by atomic mass is 32.2. The molecule has 144 valence electrons. The van der Waals surface area contributed by atoms with E-state index >= 15 is 0 Å². The van der Waals surface area contributed by atoms with Crippen LogP contribution in [0.5, 0.6) is 5.75 Å². The Hall–Kier alpha value is -3.07. The first-order valence-corrected chi connectivity index (χ1v) is 9.78. The van der Waals surface area contributed by atoms with E-state index in [2.05, 4.69) is 10.3 Å². The highest BCUT2D eigenvalue weighted by molar-refractivity contribution is 7.99. The van der Waals surface area contributed by atoms with Crippen molar-refractivity contribution in [3.05, 3.63) is 52.6 Å². The Labute approximate surface area is 165 Å². The monoisotopic (exact) mass is 398 g/mol. The molecule has 1 heterocycles. The number of aromatic nitrogens is 2. The minimum atomic E-state index is -0.447. The number of amides is 1. The van der Waals surface area contributed by atoms with Gasteiger partial charge in [-0.1, -0.05) is 23.9 Å². The summed E-state index contributed by atoms with van der Waals surface area (Å²) in [6, 6.07) is 12.3. The zero-order valence-electron chi connectivity index (χ0n) is 15.1. The Morgan fingerprint density at radius 2 is 2.14 bits per heavy atom. The molecule has 1 aliphatic rings. The van der Waals surface area contributed by atoms with Gasteiger partial charge in [0, 0.05) is 18.2 Å². The van der Waals surface area contributed by atoms with E-state index in [4.69, 9.17) is 4.74 Å². The SMILES string of the molecule is COc1ccccc1-n1c(SCC(=O)NC2CC2)nc2cc([N+](=O)[O-])ccc21. The lowest BCUT2D eigenvalue weighted by Crippen LogP contribution is -2.27. The first-order valence-electron chi connectivity index (χ1n) is 8.79. The third-order valence-electron chi connectivity index (χ3n) is 4.42. The van der Waals surface area contributed by atoms with E-state index in [0.717, 1.165) is 18.5 Å². The Morgan fingerprint density at radius 3 is 2.86 bits per heavy atom. The van der Waals surface area contributed by atoms with Gasteiger partial charge in [-0.3, -0.25) is 19.5 Å². The molecule has 1 saturated carbocycles. The quantitative estimate of drug-likeness (QED) is 0.372. The summed E-state index contributed by atoms with van der Waals surface area (Å²) in [6.07, 6.45) is 2.06. The molecule has 0 saturated heterocycles. The molecule has 0 atom stereocenters. The maximum absolute atomic E-state index is 12.1. The smallest absolute Gasteiger partial charge is 0.271 e. The summed E-state index contributed by atoms with van der Waals surface area (Å²) in [5, 5.41) is 14.7. The number of thioether (sulfide) groups is 1. The molecule has 4 rings (SSSR count). The van der Waals surface area contributed by atoms with Crippen molar-refractivity contribution in [3.8, 4) is 11.4 Å². The van der Waals surface area contributed by atoms with Crippen LogP contribution in [0.25, 0.3) is 16.7 Å². The van der Waals surface area contributed by atoms with Gasteiger partial charge in [0.05, 0.1) is 34.5 Å². The molecule has 1 aromatic heterocycles. The van der Waals surface area contributed by atoms with Crippen LogP contribution in [0.3, 0.4) is 0 Å². The van der Waals surface area contributed by atoms with Crippen LogP contribution in [0, 0.1) is 10.1 Å². The van der Waals surface area contributed by atoms with Gasteiger partial charge < -0.3 is 10.1 Å². The van der Waals surface area contributed by atoms with Gasteiger partial charge in [0.1, 0.15) is 5.75 Å². The van der Waals surface area contributed by atoms with E-state index in [1.165, 1.54) is 23.9 Å². The summed E-state index contributed by atoms with van der Waals surface area (Å²) in [6.45, 7) is 0. The van der Waals surface area contributed by atoms with Gasteiger partial charge in [0.2, 0.25) is 5.91 Å². The fourth-order valence-corrected chi connectivity index (χ4v) is 3.76.